The van der Waals surface area contributed by atoms with Crippen molar-refractivity contribution in [1.82, 2.24) is 5.32 Å². The van der Waals surface area contributed by atoms with Crippen LogP contribution < -0.4 is 10.5 Å². The van der Waals surface area contributed by atoms with E-state index in [9.17, 15) is 4.79 Å². The van der Waals surface area contributed by atoms with Crippen LogP contribution in [0.2, 0.25) is 0 Å². The van der Waals surface area contributed by atoms with Crippen LogP contribution in [0, 0.1) is 0 Å². The predicted molar refractivity (Wildman–Crippen MR) is 73.4 cm³/mol. The molecule has 104 valence electrons. The summed E-state index contributed by atoms with van der Waals surface area (Å²) in [4.78, 5) is 10.2. The lowest BCUT2D eigenvalue weighted by Gasteiger charge is -2.06. The average Bonchev–Trinajstić information content (AvgIpc) is 2.42. The fourth-order valence-electron chi connectivity index (χ4n) is 0.973. The summed E-state index contributed by atoms with van der Waals surface area (Å²) in [6.07, 6.45) is 1.86. The minimum absolute atomic E-state index is 0.0347. The number of rotatable bonds is 4. The van der Waals surface area contributed by atoms with Crippen molar-refractivity contribution in [3.8, 4) is 0 Å². The molecule has 1 aromatic carbocycles. The van der Waals surface area contributed by atoms with Crippen molar-refractivity contribution in [2.45, 2.75) is 27.2 Å². The molecule has 0 saturated carbocycles. The van der Waals surface area contributed by atoms with Gasteiger partial charge in [-0.05, 0) is 32.1 Å². The highest BCUT2D eigenvalue weighted by Gasteiger charge is 1.98. The Morgan fingerprint density at radius 3 is 2.28 bits per heavy atom. The Morgan fingerprint density at radius 1 is 1.33 bits per heavy atom. The van der Waals surface area contributed by atoms with Crippen LogP contribution in [0.3, 0.4) is 0 Å². The lowest BCUT2D eigenvalue weighted by Crippen LogP contribution is -2.10. The van der Waals surface area contributed by atoms with Crippen LogP contribution in [-0.2, 0) is 0 Å². The zero-order valence-electron chi connectivity index (χ0n) is 11.6. The molecule has 0 radical (unpaired) electrons. The number of aldehydes is 1. The first-order valence-electron chi connectivity index (χ1n) is 6.03. The van der Waals surface area contributed by atoms with Crippen molar-refractivity contribution < 1.29 is 15.2 Å². The molecule has 0 bridgehead atoms. The van der Waals surface area contributed by atoms with Crippen LogP contribution in [0.1, 0.15) is 37.6 Å². The molecule has 0 amide bonds. The Kier molecular flexibility index (Phi) is 14.3. The summed E-state index contributed by atoms with van der Waals surface area (Å²) in [5.74, 6) is 0. The first-order chi connectivity index (χ1) is 8.65. The van der Waals surface area contributed by atoms with Crippen LogP contribution in [0.15, 0.2) is 24.3 Å². The van der Waals surface area contributed by atoms with Crippen LogP contribution in [0.5, 0.6) is 0 Å². The molecule has 0 aliphatic heterocycles. The van der Waals surface area contributed by atoms with Gasteiger partial charge in [0.05, 0.1) is 5.69 Å². The number of hydrogen-bond donors (Lipinski definition) is 3. The second-order valence-electron chi connectivity index (χ2n) is 3.11. The zero-order valence-corrected chi connectivity index (χ0v) is 11.6. The van der Waals surface area contributed by atoms with Gasteiger partial charge in [0.15, 0.2) is 0 Å². The molecule has 1 aromatic rings. The molecule has 0 heterocycles. The largest absolute Gasteiger partial charge is 0.320 e. The molecular formula is C13H24N2O3. The minimum atomic E-state index is -0.0347. The number of hydrogen-bond acceptors (Lipinski definition) is 5. The van der Waals surface area contributed by atoms with Crippen molar-refractivity contribution in [1.29, 1.82) is 0 Å². The molecule has 0 aliphatic rings. The second kappa shape index (κ2) is 13.6. The van der Waals surface area contributed by atoms with Gasteiger partial charge in [-0.3, -0.25) is 15.2 Å². The third-order valence-corrected chi connectivity index (χ3v) is 1.74. The summed E-state index contributed by atoms with van der Waals surface area (Å²) in [5, 5.41) is 20.0. The highest BCUT2D eigenvalue weighted by molar-refractivity contribution is 5.76. The number of carbonyl (C=O) groups excluding carboxylic acids is 1. The van der Waals surface area contributed by atoms with Gasteiger partial charge in [0, 0.05) is 5.56 Å². The van der Waals surface area contributed by atoms with Gasteiger partial charge in [0.2, 0.25) is 0 Å². The number of nitrogens with one attached hydrogen (secondary N) is 1. The average molecular weight is 256 g/mol. The highest BCUT2D eigenvalue weighted by atomic mass is 16.8. The second-order valence-corrected chi connectivity index (χ2v) is 3.11. The third-order valence-electron chi connectivity index (χ3n) is 1.74. The number of nitrogens with zero attached hydrogens (tertiary/aromatic N) is 1. The van der Waals surface area contributed by atoms with Crippen molar-refractivity contribution in [2.24, 2.45) is 0 Å². The Balaban J connectivity index is 0. The number of anilines is 1. The SMILES string of the molecule is CC.CCCNC.O=Cc1cccc(N(O)O)c1. The molecule has 0 saturated heterocycles. The monoisotopic (exact) mass is 256 g/mol. The predicted octanol–water partition coefficient (Wildman–Crippen LogP) is 2.73. The lowest BCUT2D eigenvalue weighted by atomic mass is 10.2. The molecule has 3 N–H and O–H groups in total. The van der Waals surface area contributed by atoms with Crippen LogP contribution >= 0.6 is 0 Å². The summed E-state index contributed by atoms with van der Waals surface area (Å²) in [6, 6.07) is 5.94. The Morgan fingerprint density at radius 2 is 1.94 bits per heavy atom. The Bertz CT molecular complexity index is 302. The van der Waals surface area contributed by atoms with E-state index in [1.165, 1.54) is 18.6 Å². The van der Waals surface area contributed by atoms with E-state index in [2.05, 4.69) is 12.2 Å². The van der Waals surface area contributed by atoms with Gasteiger partial charge in [-0.15, -0.1) is 5.23 Å². The van der Waals surface area contributed by atoms with Gasteiger partial charge in [-0.1, -0.05) is 32.9 Å². The number of benzene rings is 1. The molecule has 1 rings (SSSR count). The maximum absolute atomic E-state index is 10.2. The van der Waals surface area contributed by atoms with E-state index in [0.29, 0.717) is 11.8 Å². The third kappa shape index (κ3) is 9.77. The molecule has 0 aromatic heterocycles. The van der Waals surface area contributed by atoms with E-state index in [1.54, 1.807) is 12.1 Å². The van der Waals surface area contributed by atoms with E-state index in [0.717, 1.165) is 6.54 Å². The zero-order chi connectivity index (χ0) is 14.4. The summed E-state index contributed by atoms with van der Waals surface area (Å²) in [7, 11) is 1.96. The van der Waals surface area contributed by atoms with Crippen molar-refractivity contribution in [2.75, 3.05) is 18.8 Å². The molecule has 0 fully saturated rings. The van der Waals surface area contributed by atoms with Crippen LogP contribution in [-0.4, -0.2) is 30.3 Å². The standard InChI is InChI=1S/C7H7NO3.C4H11N.C2H6/c9-5-6-2-1-3-7(4-6)8(10)11;1-3-4-5-2;1-2/h1-5,10-11H;5H,3-4H2,1-2H3;1-2H3. The maximum Gasteiger partial charge on any atom is 0.150 e. The van der Waals surface area contributed by atoms with Gasteiger partial charge < -0.3 is 5.32 Å². The van der Waals surface area contributed by atoms with E-state index in [1.807, 2.05) is 20.9 Å². The van der Waals surface area contributed by atoms with E-state index in [-0.39, 0.29) is 10.9 Å². The summed E-state index contributed by atoms with van der Waals surface area (Å²) in [5.41, 5.74) is 0.560. The first-order valence-corrected chi connectivity index (χ1v) is 6.03. The fourth-order valence-corrected chi connectivity index (χ4v) is 0.973. The molecule has 0 atom stereocenters. The Hall–Kier alpha value is -1.43. The van der Waals surface area contributed by atoms with Crippen molar-refractivity contribution in [3.63, 3.8) is 0 Å². The highest BCUT2D eigenvalue weighted by Crippen LogP contribution is 2.10. The summed E-state index contributed by atoms with van der Waals surface area (Å²) >= 11 is 0. The van der Waals surface area contributed by atoms with Gasteiger partial charge in [0.1, 0.15) is 6.29 Å². The van der Waals surface area contributed by atoms with Crippen molar-refractivity contribution in [3.05, 3.63) is 29.8 Å². The summed E-state index contributed by atoms with van der Waals surface area (Å²) in [6.45, 7) is 7.29. The van der Waals surface area contributed by atoms with Gasteiger partial charge in [-0.25, -0.2) is 0 Å². The number of carbonyl (C=O) groups is 1. The van der Waals surface area contributed by atoms with E-state index in [4.69, 9.17) is 10.4 Å². The molecule has 0 unspecified atom stereocenters. The van der Waals surface area contributed by atoms with Crippen LogP contribution in [0.25, 0.3) is 0 Å². The smallest absolute Gasteiger partial charge is 0.150 e. The fraction of sp³-hybridized carbons (Fsp3) is 0.462. The maximum atomic E-state index is 10.2. The first kappa shape index (κ1) is 18.9. The molecule has 0 spiro atoms. The quantitative estimate of drug-likeness (QED) is 0.570. The lowest BCUT2D eigenvalue weighted by molar-refractivity contribution is 0.0291. The normalized spacial score (nSPS) is 8.33. The van der Waals surface area contributed by atoms with E-state index >= 15 is 0 Å². The molecule has 0 aliphatic carbocycles. The van der Waals surface area contributed by atoms with Crippen molar-refractivity contribution >= 4 is 12.0 Å². The topological polar surface area (TPSA) is 72.8 Å². The molecule has 5 heteroatoms. The van der Waals surface area contributed by atoms with Crippen LogP contribution in [0.4, 0.5) is 5.69 Å². The molecule has 18 heavy (non-hydrogen) atoms. The van der Waals surface area contributed by atoms with E-state index < -0.39 is 0 Å². The summed E-state index contributed by atoms with van der Waals surface area (Å²) < 4.78 is 0. The Labute approximate surface area is 109 Å². The molecular weight excluding hydrogens is 232 g/mol. The van der Waals surface area contributed by atoms with Gasteiger partial charge >= 0.3 is 0 Å². The van der Waals surface area contributed by atoms with Gasteiger partial charge in [-0.2, -0.15) is 0 Å². The molecule has 5 nitrogen and oxygen atoms in total. The van der Waals surface area contributed by atoms with Gasteiger partial charge in [0.25, 0.3) is 0 Å². The minimum Gasteiger partial charge on any atom is -0.320 e.